The Morgan fingerprint density at radius 2 is 1.73 bits per heavy atom. The van der Waals surface area contributed by atoms with Gasteiger partial charge in [-0.25, -0.2) is 8.42 Å². The van der Waals surface area contributed by atoms with Crippen LogP contribution in [0.4, 0.5) is 5.69 Å². The summed E-state index contributed by atoms with van der Waals surface area (Å²) in [7, 11) is -3.76. The topological polar surface area (TPSA) is 86.8 Å². The van der Waals surface area contributed by atoms with Crippen LogP contribution in [0.15, 0.2) is 42.5 Å². The second-order valence-corrected chi connectivity index (χ2v) is 10.5. The quantitative estimate of drug-likeness (QED) is 0.547. The highest BCUT2D eigenvalue weighted by Crippen LogP contribution is 2.24. The maximum Gasteiger partial charge on any atom is 0.244 e. The third-order valence-electron chi connectivity index (χ3n) is 5.30. The number of halogens is 1. The fourth-order valence-corrected chi connectivity index (χ4v) is 4.37. The van der Waals surface area contributed by atoms with Gasteiger partial charge in [0.2, 0.25) is 21.8 Å². The largest absolute Gasteiger partial charge is 0.354 e. The van der Waals surface area contributed by atoms with Gasteiger partial charge >= 0.3 is 0 Å². The molecule has 0 bridgehead atoms. The van der Waals surface area contributed by atoms with E-state index in [1.165, 1.54) is 4.90 Å². The smallest absolute Gasteiger partial charge is 0.244 e. The third-order valence-corrected chi connectivity index (χ3v) is 6.67. The van der Waals surface area contributed by atoms with Gasteiger partial charge in [-0.15, -0.1) is 0 Å². The molecule has 2 aromatic rings. The Balaban J connectivity index is 2.40. The normalized spacial score (nSPS) is 12.2. The number of carbonyl (C=O) groups excluding carboxylic acids is 2. The average Bonchev–Trinajstić information content (AvgIpc) is 2.75. The zero-order valence-corrected chi connectivity index (χ0v) is 21.3. The van der Waals surface area contributed by atoms with Crippen LogP contribution in [-0.2, 0) is 26.2 Å². The number of rotatable bonds is 10. The van der Waals surface area contributed by atoms with Crippen molar-refractivity contribution in [3.63, 3.8) is 0 Å². The Bertz CT molecular complexity index is 1090. The number of carbonyl (C=O) groups is 2. The molecule has 0 aliphatic rings. The number of amides is 2. The first-order chi connectivity index (χ1) is 15.4. The van der Waals surface area contributed by atoms with Gasteiger partial charge in [0.05, 0.1) is 11.9 Å². The molecule has 0 heterocycles. The van der Waals surface area contributed by atoms with Crippen LogP contribution < -0.4 is 9.62 Å². The molecule has 2 rings (SSSR count). The molecule has 0 aromatic heterocycles. The number of aryl methyl sites for hydroxylation is 2. The van der Waals surface area contributed by atoms with Crippen molar-refractivity contribution in [3.8, 4) is 0 Å². The summed E-state index contributed by atoms with van der Waals surface area (Å²) in [6, 6.07) is 11.6. The highest BCUT2D eigenvalue weighted by Gasteiger charge is 2.30. The number of nitrogens with zero attached hydrogens (tertiary/aromatic N) is 2. The van der Waals surface area contributed by atoms with E-state index in [9.17, 15) is 18.0 Å². The number of hydrogen-bond donors (Lipinski definition) is 1. The van der Waals surface area contributed by atoms with Crippen LogP contribution in [0.5, 0.6) is 0 Å². The van der Waals surface area contributed by atoms with Crippen molar-refractivity contribution in [1.82, 2.24) is 10.2 Å². The van der Waals surface area contributed by atoms with E-state index in [2.05, 4.69) is 5.32 Å². The van der Waals surface area contributed by atoms with Gasteiger partial charge < -0.3 is 10.2 Å². The van der Waals surface area contributed by atoms with Gasteiger partial charge in [-0.05, 0) is 62.1 Å². The summed E-state index contributed by atoms with van der Waals surface area (Å²) in [4.78, 5) is 27.6. The van der Waals surface area contributed by atoms with Gasteiger partial charge in [0, 0.05) is 18.1 Å². The number of sulfonamides is 1. The number of nitrogens with one attached hydrogen (secondary N) is 1. The van der Waals surface area contributed by atoms with E-state index in [0.717, 1.165) is 33.7 Å². The highest BCUT2D eigenvalue weighted by atomic mass is 35.5. The number of benzene rings is 2. The maximum atomic E-state index is 13.5. The lowest BCUT2D eigenvalue weighted by Gasteiger charge is -2.32. The number of anilines is 1. The molecule has 0 radical (unpaired) electrons. The van der Waals surface area contributed by atoms with Crippen molar-refractivity contribution in [2.24, 2.45) is 0 Å². The molecule has 0 spiro atoms. The molecule has 0 unspecified atom stereocenters. The average molecular weight is 494 g/mol. The van der Waals surface area contributed by atoms with E-state index >= 15 is 0 Å². The Kier molecular flexibility index (Phi) is 9.31. The molecule has 0 saturated heterocycles. The van der Waals surface area contributed by atoms with Crippen LogP contribution in [0.2, 0.25) is 5.02 Å². The zero-order valence-electron chi connectivity index (χ0n) is 19.8. The van der Waals surface area contributed by atoms with Gasteiger partial charge in [-0.2, -0.15) is 0 Å². The maximum absolute atomic E-state index is 13.5. The van der Waals surface area contributed by atoms with E-state index in [0.29, 0.717) is 17.3 Å². The summed E-state index contributed by atoms with van der Waals surface area (Å²) < 4.78 is 26.4. The van der Waals surface area contributed by atoms with Crippen molar-refractivity contribution in [3.05, 3.63) is 64.2 Å². The minimum Gasteiger partial charge on any atom is -0.354 e. The first-order valence-electron chi connectivity index (χ1n) is 10.8. The monoisotopic (exact) mass is 493 g/mol. The van der Waals surface area contributed by atoms with Crippen LogP contribution in [-0.4, -0.2) is 50.5 Å². The molecule has 0 fully saturated rings. The Labute approximate surface area is 201 Å². The second-order valence-electron chi connectivity index (χ2n) is 8.17. The van der Waals surface area contributed by atoms with Crippen molar-refractivity contribution >= 4 is 39.1 Å². The summed E-state index contributed by atoms with van der Waals surface area (Å²) >= 11 is 5.98. The standard InChI is InChI=1S/C24H32ClN3O4S/c1-6-13-26-24(30)19(4)27(15-20-9-11-21(25)12-10-20)23(29)16-28(33(5,31)32)22-14-17(2)7-8-18(22)3/h7-12,14,19H,6,13,15-16H2,1-5H3,(H,26,30)/t19-/m0/s1. The minimum atomic E-state index is -3.76. The molecule has 1 N–H and O–H groups in total. The lowest BCUT2D eigenvalue weighted by molar-refractivity contribution is -0.139. The molecule has 7 nitrogen and oxygen atoms in total. The third kappa shape index (κ3) is 7.47. The molecule has 0 saturated carbocycles. The van der Waals surface area contributed by atoms with Crippen molar-refractivity contribution < 1.29 is 18.0 Å². The first kappa shape index (κ1) is 26.7. The predicted molar refractivity (Wildman–Crippen MR) is 133 cm³/mol. The Morgan fingerprint density at radius 1 is 1.09 bits per heavy atom. The van der Waals surface area contributed by atoms with Crippen LogP contribution in [0.1, 0.15) is 37.0 Å². The molecular formula is C24H32ClN3O4S. The van der Waals surface area contributed by atoms with Crippen molar-refractivity contribution in [1.29, 1.82) is 0 Å². The van der Waals surface area contributed by atoms with Gasteiger partial charge in [-0.1, -0.05) is 42.8 Å². The Hall–Kier alpha value is -2.58. The number of hydrogen-bond acceptors (Lipinski definition) is 4. The van der Waals surface area contributed by atoms with E-state index in [1.54, 1.807) is 44.2 Å². The van der Waals surface area contributed by atoms with E-state index in [1.807, 2.05) is 26.0 Å². The van der Waals surface area contributed by atoms with Gasteiger partial charge in [0.25, 0.3) is 0 Å². The molecule has 180 valence electrons. The molecule has 0 aliphatic carbocycles. The first-order valence-corrected chi connectivity index (χ1v) is 13.0. The van der Waals surface area contributed by atoms with Crippen molar-refractivity contribution in [2.45, 2.75) is 46.7 Å². The van der Waals surface area contributed by atoms with Gasteiger partial charge in [0.1, 0.15) is 12.6 Å². The summed E-state index contributed by atoms with van der Waals surface area (Å²) in [5.41, 5.74) is 2.83. The van der Waals surface area contributed by atoms with Crippen LogP contribution in [0, 0.1) is 13.8 Å². The molecule has 9 heteroatoms. The summed E-state index contributed by atoms with van der Waals surface area (Å²) in [5, 5.41) is 3.37. The molecule has 0 aliphatic heterocycles. The Morgan fingerprint density at radius 3 is 2.30 bits per heavy atom. The fraction of sp³-hybridized carbons (Fsp3) is 0.417. The molecular weight excluding hydrogens is 462 g/mol. The lowest BCUT2D eigenvalue weighted by Crippen LogP contribution is -2.51. The summed E-state index contributed by atoms with van der Waals surface area (Å²) in [6.45, 7) is 7.45. The van der Waals surface area contributed by atoms with E-state index < -0.39 is 28.5 Å². The predicted octanol–water partition coefficient (Wildman–Crippen LogP) is 3.67. The van der Waals surface area contributed by atoms with E-state index in [4.69, 9.17) is 11.6 Å². The second kappa shape index (κ2) is 11.5. The lowest BCUT2D eigenvalue weighted by atomic mass is 10.1. The fourth-order valence-electron chi connectivity index (χ4n) is 3.35. The molecule has 1 atom stereocenters. The highest BCUT2D eigenvalue weighted by molar-refractivity contribution is 7.92. The van der Waals surface area contributed by atoms with Crippen LogP contribution in [0.3, 0.4) is 0 Å². The molecule has 33 heavy (non-hydrogen) atoms. The van der Waals surface area contributed by atoms with Crippen molar-refractivity contribution in [2.75, 3.05) is 23.7 Å². The zero-order chi connectivity index (χ0) is 24.8. The van der Waals surface area contributed by atoms with Gasteiger partial charge in [0.15, 0.2) is 0 Å². The SMILES string of the molecule is CCCNC(=O)[C@H](C)N(Cc1ccc(Cl)cc1)C(=O)CN(c1cc(C)ccc1C)S(C)(=O)=O. The molecule has 2 aromatic carbocycles. The molecule has 2 amide bonds. The van der Waals surface area contributed by atoms with Crippen LogP contribution >= 0.6 is 11.6 Å². The summed E-state index contributed by atoms with van der Waals surface area (Å²) in [6.07, 6.45) is 1.83. The van der Waals surface area contributed by atoms with Gasteiger partial charge in [-0.3, -0.25) is 13.9 Å². The van der Waals surface area contributed by atoms with Crippen LogP contribution in [0.25, 0.3) is 0 Å². The summed E-state index contributed by atoms with van der Waals surface area (Å²) in [5.74, 6) is -0.771. The van der Waals surface area contributed by atoms with E-state index in [-0.39, 0.29) is 12.5 Å². The minimum absolute atomic E-state index is 0.140.